The van der Waals surface area contributed by atoms with Gasteiger partial charge in [-0.1, -0.05) is 40.2 Å². The Hall–Kier alpha value is -3.59. The second kappa shape index (κ2) is 6.74. The highest BCUT2D eigenvalue weighted by Gasteiger charge is 2.55. The van der Waals surface area contributed by atoms with E-state index in [0.29, 0.717) is 11.4 Å². The van der Waals surface area contributed by atoms with Gasteiger partial charge in [0.25, 0.3) is 11.4 Å². The number of hydrogen-bond donors (Lipinski definition) is 0. The fourth-order valence-electron chi connectivity index (χ4n) is 3.93. The number of nitro groups is 2. The number of non-ortho nitro benzene ring substituents is 2. The molecule has 9 heteroatoms. The molecular weight excluding hydrogens is 452 g/mol. The van der Waals surface area contributed by atoms with Crippen LogP contribution in [-0.2, 0) is 0 Å². The van der Waals surface area contributed by atoms with Crippen molar-refractivity contribution in [2.45, 2.75) is 12.1 Å². The van der Waals surface area contributed by atoms with Crippen LogP contribution < -0.4 is 4.90 Å². The molecule has 0 aliphatic carbocycles. The predicted octanol–water partition coefficient (Wildman–Crippen LogP) is 5.33. The van der Waals surface area contributed by atoms with E-state index in [-0.39, 0.29) is 23.5 Å². The van der Waals surface area contributed by atoms with Crippen LogP contribution in [0.4, 0.5) is 22.7 Å². The minimum absolute atomic E-state index is 0.00383. The molecule has 3 aromatic rings. The van der Waals surface area contributed by atoms with Crippen LogP contribution in [0.3, 0.4) is 0 Å². The summed E-state index contributed by atoms with van der Waals surface area (Å²) in [6.45, 7) is 0. The summed E-state index contributed by atoms with van der Waals surface area (Å²) < 4.78 is 0.957. The van der Waals surface area contributed by atoms with E-state index in [1.54, 1.807) is 18.2 Å². The van der Waals surface area contributed by atoms with Crippen LogP contribution in [0.1, 0.15) is 17.2 Å². The molecule has 2 heterocycles. The molecule has 30 heavy (non-hydrogen) atoms. The molecule has 8 nitrogen and oxygen atoms in total. The zero-order valence-corrected chi connectivity index (χ0v) is 16.9. The maximum Gasteiger partial charge on any atom is 0.271 e. The van der Waals surface area contributed by atoms with Crippen molar-refractivity contribution >= 4 is 44.4 Å². The zero-order chi connectivity index (χ0) is 21.0. The Morgan fingerprint density at radius 2 is 1.47 bits per heavy atom. The van der Waals surface area contributed by atoms with Gasteiger partial charge in [-0.3, -0.25) is 20.2 Å². The maximum absolute atomic E-state index is 11.3. The first-order valence-corrected chi connectivity index (χ1v) is 9.89. The van der Waals surface area contributed by atoms with Gasteiger partial charge in [0.15, 0.2) is 0 Å². The molecule has 0 spiro atoms. The van der Waals surface area contributed by atoms with Crippen molar-refractivity contribution < 1.29 is 9.85 Å². The first kappa shape index (κ1) is 18.4. The van der Waals surface area contributed by atoms with Crippen LogP contribution in [0.2, 0.25) is 0 Å². The Kier molecular flexibility index (Phi) is 4.14. The maximum atomic E-state index is 11.3. The molecule has 3 aromatic carbocycles. The van der Waals surface area contributed by atoms with Gasteiger partial charge in [-0.15, -0.1) is 0 Å². The number of aliphatic imine (C=N–C) groups is 1. The van der Waals surface area contributed by atoms with Crippen molar-refractivity contribution in [2.75, 3.05) is 4.90 Å². The Labute approximate surface area is 178 Å². The third-order valence-corrected chi connectivity index (χ3v) is 5.89. The van der Waals surface area contributed by atoms with E-state index in [2.05, 4.69) is 20.8 Å². The first-order valence-electron chi connectivity index (χ1n) is 9.10. The van der Waals surface area contributed by atoms with E-state index in [4.69, 9.17) is 4.99 Å². The quantitative estimate of drug-likeness (QED) is 0.295. The van der Waals surface area contributed by atoms with Gasteiger partial charge in [0.05, 0.1) is 39.0 Å². The number of benzene rings is 3. The van der Waals surface area contributed by atoms with Crippen molar-refractivity contribution in [1.82, 2.24) is 0 Å². The van der Waals surface area contributed by atoms with Crippen molar-refractivity contribution in [3.8, 4) is 0 Å². The Morgan fingerprint density at radius 3 is 2.10 bits per heavy atom. The van der Waals surface area contributed by atoms with Crippen LogP contribution >= 0.6 is 15.9 Å². The van der Waals surface area contributed by atoms with Gasteiger partial charge in [-0.2, -0.15) is 0 Å². The summed E-state index contributed by atoms with van der Waals surface area (Å²) in [5.41, 5.74) is 4.11. The number of anilines is 1. The van der Waals surface area contributed by atoms with Gasteiger partial charge in [-0.05, 0) is 29.3 Å². The van der Waals surface area contributed by atoms with Gasteiger partial charge >= 0.3 is 0 Å². The number of nitro benzene ring substituents is 2. The molecular formula is C21H13BrN4O4. The van der Waals surface area contributed by atoms with E-state index < -0.39 is 9.85 Å². The molecule has 5 rings (SSSR count). The smallest absolute Gasteiger partial charge is 0.271 e. The molecule has 2 atom stereocenters. The molecule has 0 saturated carbocycles. The van der Waals surface area contributed by atoms with Gasteiger partial charge in [0.2, 0.25) is 0 Å². The molecule has 0 amide bonds. The van der Waals surface area contributed by atoms with E-state index in [1.165, 1.54) is 24.3 Å². The zero-order valence-electron chi connectivity index (χ0n) is 15.3. The van der Waals surface area contributed by atoms with Crippen LogP contribution in [0.25, 0.3) is 0 Å². The highest BCUT2D eigenvalue weighted by atomic mass is 79.9. The monoisotopic (exact) mass is 464 g/mol. The largest absolute Gasteiger partial charge is 0.349 e. The van der Waals surface area contributed by atoms with Gasteiger partial charge in [0, 0.05) is 28.7 Å². The first-order chi connectivity index (χ1) is 14.4. The molecule has 0 aromatic heterocycles. The topological polar surface area (TPSA) is 102 Å². The summed E-state index contributed by atoms with van der Waals surface area (Å²) >= 11 is 3.44. The summed E-state index contributed by atoms with van der Waals surface area (Å²) in [5.74, 6) is 0. The third kappa shape index (κ3) is 2.94. The molecule has 1 fully saturated rings. The molecule has 1 saturated heterocycles. The summed E-state index contributed by atoms with van der Waals surface area (Å²) in [6.07, 6.45) is 0. The lowest BCUT2D eigenvalue weighted by molar-refractivity contribution is -0.385. The average molecular weight is 465 g/mol. The molecule has 2 aliphatic heterocycles. The number of halogens is 1. The van der Waals surface area contributed by atoms with Crippen molar-refractivity contribution in [1.29, 1.82) is 0 Å². The lowest BCUT2D eigenvalue weighted by atomic mass is 10.0. The molecule has 148 valence electrons. The van der Waals surface area contributed by atoms with E-state index in [9.17, 15) is 20.2 Å². The summed E-state index contributed by atoms with van der Waals surface area (Å²) in [5, 5.41) is 22.2. The van der Waals surface area contributed by atoms with E-state index >= 15 is 0 Å². The second-order valence-corrected chi connectivity index (χ2v) is 8.00. The normalized spacial score (nSPS) is 18.8. The molecule has 2 aliphatic rings. The van der Waals surface area contributed by atoms with Crippen LogP contribution in [-0.4, -0.2) is 21.6 Å². The lowest BCUT2D eigenvalue weighted by Gasteiger charge is -2.17. The van der Waals surface area contributed by atoms with Gasteiger partial charge in [-0.25, -0.2) is 4.99 Å². The molecule has 0 N–H and O–H groups in total. The SMILES string of the molecule is O=[N+]([O-])c1ccc([C@@H]2[C@H]3C(c4ccc(Br)cc4)=Nc4ccc([N+](=O)[O-])cc4N32)cc1. The standard InChI is InChI=1S/C21H13BrN4O4/c22-14-5-1-12(2-6-14)19-21-20(13-3-7-15(8-4-13)25(27)28)24(21)18-11-16(26(29)30)9-10-17(18)23-19/h1-11,20-21H/t20-,21-,24?/m1/s1. The van der Waals surface area contributed by atoms with Gasteiger partial charge < -0.3 is 4.90 Å². The Morgan fingerprint density at radius 1 is 0.833 bits per heavy atom. The van der Waals surface area contributed by atoms with E-state index in [0.717, 1.165) is 21.3 Å². The number of fused-ring (bicyclic) bond motifs is 3. The summed E-state index contributed by atoms with van der Waals surface area (Å²) in [4.78, 5) is 28.3. The van der Waals surface area contributed by atoms with Gasteiger partial charge in [0.1, 0.15) is 0 Å². The Balaban J connectivity index is 1.61. The number of hydrogen-bond acceptors (Lipinski definition) is 6. The van der Waals surface area contributed by atoms with Crippen molar-refractivity contribution in [2.24, 2.45) is 4.99 Å². The summed E-state index contributed by atoms with van der Waals surface area (Å²) in [6, 6.07) is 18.7. The number of nitrogens with zero attached hydrogens (tertiary/aromatic N) is 4. The van der Waals surface area contributed by atoms with Crippen molar-refractivity contribution in [3.63, 3.8) is 0 Å². The average Bonchev–Trinajstić information content (AvgIpc) is 3.49. The second-order valence-electron chi connectivity index (χ2n) is 7.08. The lowest BCUT2D eigenvalue weighted by Crippen LogP contribution is -2.17. The van der Waals surface area contributed by atoms with E-state index in [1.807, 2.05) is 24.3 Å². The number of rotatable bonds is 4. The minimum atomic E-state index is -0.433. The molecule has 0 radical (unpaired) electrons. The minimum Gasteiger partial charge on any atom is -0.349 e. The van der Waals surface area contributed by atoms with Crippen LogP contribution in [0.15, 0.2) is 76.2 Å². The molecule has 0 unspecified atom stereocenters. The fourth-order valence-corrected chi connectivity index (χ4v) is 4.19. The summed E-state index contributed by atoms with van der Waals surface area (Å²) in [7, 11) is 0. The fraction of sp³-hybridized carbons (Fsp3) is 0.0952. The van der Waals surface area contributed by atoms with Crippen LogP contribution in [0, 0.1) is 20.2 Å². The third-order valence-electron chi connectivity index (χ3n) is 5.36. The van der Waals surface area contributed by atoms with Crippen molar-refractivity contribution in [3.05, 3.63) is 103 Å². The molecule has 0 bridgehead atoms. The highest BCUT2D eigenvalue weighted by molar-refractivity contribution is 9.10. The predicted molar refractivity (Wildman–Crippen MR) is 116 cm³/mol. The highest BCUT2D eigenvalue weighted by Crippen LogP contribution is 2.55. The van der Waals surface area contributed by atoms with Crippen LogP contribution in [0.5, 0.6) is 0 Å². The Bertz CT molecular complexity index is 1220.